The number of nitrogens with zero attached hydrogens (tertiary/aromatic N) is 5. The third-order valence-corrected chi connectivity index (χ3v) is 7.90. The van der Waals surface area contributed by atoms with Crippen LogP contribution in [0.4, 0.5) is 4.79 Å². The molecule has 0 radical (unpaired) electrons. The fourth-order valence-electron chi connectivity index (χ4n) is 4.22. The predicted octanol–water partition coefficient (Wildman–Crippen LogP) is 2.30. The van der Waals surface area contributed by atoms with Crippen LogP contribution in [0.15, 0.2) is 28.9 Å². The second-order valence-electron chi connectivity index (χ2n) is 8.00. The summed E-state index contributed by atoms with van der Waals surface area (Å²) in [6.45, 7) is 1.23. The Morgan fingerprint density at radius 3 is 2.77 bits per heavy atom. The molecule has 9 nitrogen and oxygen atoms in total. The number of methoxy groups -OCH3 is 1. The fourth-order valence-corrected chi connectivity index (χ4v) is 5.81. The van der Waals surface area contributed by atoms with Crippen molar-refractivity contribution in [1.82, 2.24) is 24.8 Å². The van der Waals surface area contributed by atoms with Crippen molar-refractivity contribution in [2.24, 2.45) is 0 Å². The molecular formula is C20H23N5O4S. The molecule has 0 N–H and O–H groups in total. The lowest BCUT2D eigenvalue weighted by molar-refractivity contribution is 0.111. The van der Waals surface area contributed by atoms with Gasteiger partial charge >= 0.3 is 6.09 Å². The van der Waals surface area contributed by atoms with E-state index in [9.17, 15) is 9.00 Å². The number of carbonyl (C=O) groups is 1. The summed E-state index contributed by atoms with van der Waals surface area (Å²) in [6.07, 6.45) is 3.06. The van der Waals surface area contributed by atoms with Crippen molar-refractivity contribution in [2.45, 2.75) is 24.8 Å². The van der Waals surface area contributed by atoms with Gasteiger partial charge in [-0.2, -0.15) is 10.1 Å². The molecule has 30 heavy (non-hydrogen) atoms. The Morgan fingerprint density at radius 1 is 1.30 bits per heavy atom. The Balaban J connectivity index is 1.35. The van der Waals surface area contributed by atoms with Crippen molar-refractivity contribution in [1.29, 1.82) is 0 Å². The molecule has 4 heterocycles. The Labute approximate surface area is 174 Å². The number of hydrogen-bond acceptors (Lipinski definition) is 7. The molecule has 0 atom stereocenters. The van der Waals surface area contributed by atoms with Crippen molar-refractivity contribution in [2.75, 3.05) is 31.7 Å². The Bertz CT molecular complexity index is 1190. The van der Waals surface area contributed by atoms with Gasteiger partial charge in [-0.15, -0.1) is 0 Å². The van der Waals surface area contributed by atoms with Crippen LogP contribution in [-0.4, -0.2) is 72.7 Å². The summed E-state index contributed by atoms with van der Waals surface area (Å²) in [5.41, 5.74) is 1.78. The topological polar surface area (TPSA) is 103 Å². The van der Waals surface area contributed by atoms with Gasteiger partial charge in [0.15, 0.2) is 5.82 Å². The minimum absolute atomic E-state index is 0.112. The van der Waals surface area contributed by atoms with Gasteiger partial charge in [0.05, 0.1) is 24.9 Å². The van der Waals surface area contributed by atoms with Gasteiger partial charge in [-0.3, -0.25) is 8.89 Å². The summed E-state index contributed by atoms with van der Waals surface area (Å²) in [4.78, 5) is 18.0. The SMILES string of the molecule is C=S1(=O)CC(n2ncc3ccc(-c4nc(C5CCN(C(=O)OC)CC5)no4)cc32)C1. The molecule has 0 saturated carbocycles. The average molecular weight is 430 g/mol. The van der Waals surface area contributed by atoms with Crippen LogP contribution in [0.3, 0.4) is 0 Å². The Hall–Kier alpha value is -2.88. The summed E-state index contributed by atoms with van der Waals surface area (Å²) >= 11 is 0. The second-order valence-corrected chi connectivity index (χ2v) is 10.6. The Morgan fingerprint density at radius 2 is 2.07 bits per heavy atom. The molecule has 2 aromatic heterocycles. The van der Waals surface area contributed by atoms with Crippen molar-refractivity contribution < 1.29 is 18.3 Å². The van der Waals surface area contributed by atoms with Gasteiger partial charge in [0, 0.05) is 41.5 Å². The second kappa shape index (κ2) is 7.12. The number of carbonyl (C=O) groups excluding carboxylic acids is 1. The number of ether oxygens (including phenoxy) is 1. The predicted molar refractivity (Wildman–Crippen MR) is 113 cm³/mol. The minimum atomic E-state index is -1.94. The quantitative estimate of drug-likeness (QED) is 0.589. The Kier molecular flexibility index (Phi) is 4.53. The molecule has 0 aliphatic carbocycles. The van der Waals surface area contributed by atoms with Crippen molar-refractivity contribution >= 4 is 32.4 Å². The third kappa shape index (κ3) is 3.34. The standard InChI is InChI=1S/C20H23N5O4S/c1-28-20(26)24-7-5-13(6-8-24)18-22-19(29-23-18)14-3-4-15-10-21-25(17(15)9-14)16-11-30(2,27)12-16/h3-4,9-10,13,16H,2,5-8,11-12H2,1H3. The molecular weight excluding hydrogens is 406 g/mol. The number of aromatic nitrogens is 4. The molecule has 5 rings (SSSR count). The molecule has 2 saturated heterocycles. The van der Waals surface area contributed by atoms with Crippen LogP contribution in [0.1, 0.15) is 30.6 Å². The molecule has 2 fully saturated rings. The van der Waals surface area contributed by atoms with Gasteiger partial charge in [-0.05, 0) is 40.4 Å². The smallest absolute Gasteiger partial charge is 0.409 e. The molecule has 158 valence electrons. The largest absolute Gasteiger partial charge is 0.453 e. The maximum absolute atomic E-state index is 12.0. The lowest BCUT2D eigenvalue weighted by atomic mass is 9.96. The number of likely N-dealkylation sites (tertiary alicyclic amines) is 1. The van der Waals surface area contributed by atoms with Gasteiger partial charge in [-0.1, -0.05) is 11.2 Å². The highest BCUT2D eigenvalue weighted by Gasteiger charge is 2.31. The van der Waals surface area contributed by atoms with E-state index in [1.54, 1.807) is 4.90 Å². The fraction of sp³-hybridized carbons (Fsp3) is 0.450. The third-order valence-electron chi connectivity index (χ3n) is 5.92. The van der Waals surface area contributed by atoms with E-state index in [4.69, 9.17) is 9.26 Å². The first-order valence-electron chi connectivity index (χ1n) is 9.90. The molecule has 10 heteroatoms. The highest BCUT2D eigenvalue weighted by molar-refractivity contribution is 8.01. The average Bonchev–Trinajstić information content (AvgIpc) is 3.38. The molecule has 1 aromatic carbocycles. The van der Waals surface area contributed by atoms with Gasteiger partial charge in [0.25, 0.3) is 5.89 Å². The van der Waals surface area contributed by atoms with Crippen molar-refractivity contribution in [3.63, 3.8) is 0 Å². The zero-order valence-electron chi connectivity index (χ0n) is 16.7. The lowest BCUT2D eigenvalue weighted by Gasteiger charge is -2.30. The summed E-state index contributed by atoms with van der Waals surface area (Å²) in [7, 11) is -0.548. The van der Waals surface area contributed by atoms with E-state index >= 15 is 0 Å². The molecule has 0 bridgehead atoms. The number of rotatable bonds is 3. The van der Waals surface area contributed by atoms with E-state index in [1.807, 2.05) is 29.1 Å². The summed E-state index contributed by atoms with van der Waals surface area (Å²) in [5, 5.41) is 9.68. The molecule has 3 aromatic rings. The zero-order chi connectivity index (χ0) is 20.9. The molecule has 0 spiro atoms. The maximum atomic E-state index is 12.0. The molecule has 1 amide bonds. The summed E-state index contributed by atoms with van der Waals surface area (Å²) in [5.74, 6) is 6.17. The highest BCUT2D eigenvalue weighted by Crippen LogP contribution is 2.31. The monoisotopic (exact) mass is 429 g/mol. The van der Waals surface area contributed by atoms with E-state index in [2.05, 4.69) is 21.1 Å². The van der Waals surface area contributed by atoms with Crippen LogP contribution in [0.25, 0.3) is 22.4 Å². The van der Waals surface area contributed by atoms with Crippen molar-refractivity contribution in [3.8, 4) is 11.5 Å². The van der Waals surface area contributed by atoms with Gasteiger partial charge in [-0.25, -0.2) is 4.79 Å². The lowest BCUT2D eigenvalue weighted by Crippen LogP contribution is -2.38. The minimum Gasteiger partial charge on any atom is -0.453 e. The highest BCUT2D eigenvalue weighted by atomic mass is 32.2. The van der Waals surface area contributed by atoms with Crippen LogP contribution < -0.4 is 0 Å². The van der Waals surface area contributed by atoms with Crippen LogP contribution in [0.2, 0.25) is 0 Å². The number of fused-ring (bicyclic) bond motifs is 1. The first kappa shape index (κ1) is 19.1. The van der Waals surface area contributed by atoms with E-state index in [-0.39, 0.29) is 18.1 Å². The molecule has 2 aliphatic rings. The molecule has 2 aliphatic heterocycles. The van der Waals surface area contributed by atoms with Crippen LogP contribution in [0.5, 0.6) is 0 Å². The van der Waals surface area contributed by atoms with Gasteiger partial charge in [0.2, 0.25) is 0 Å². The van der Waals surface area contributed by atoms with Crippen LogP contribution in [0, 0.1) is 0 Å². The van der Waals surface area contributed by atoms with Crippen molar-refractivity contribution in [3.05, 3.63) is 30.2 Å². The number of piperidine rings is 1. The number of amides is 1. The molecule has 0 unspecified atom stereocenters. The zero-order valence-corrected chi connectivity index (χ0v) is 17.5. The van der Waals surface area contributed by atoms with E-state index in [0.29, 0.717) is 36.3 Å². The van der Waals surface area contributed by atoms with E-state index < -0.39 is 9.52 Å². The number of benzene rings is 1. The first-order valence-corrected chi connectivity index (χ1v) is 12.0. The maximum Gasteiger partial charge on any atom is 0.409 e. The van der Waals surface area contributed by atoms with E-state index in [0.717, 1.165) is 29.3 Å². The number of hydrogen-bond donors (Lipinski definition) is 0. The van der Waals surface area contributed by atoms with E-state index in [1.165, 1.54) is 7.11 Å². The summed E-state index contributed by atoms with van der Waals surface area (Å²) in [6, 6.07) is 6.02. The summed E-state index contributed by atoms with van der Waals surface area (Å²) < 4.78 is 24.2. The van der Waals surface area contributed by atoms with Crippen LogP contribution >= 0.6 is 0 Å². The van der Waals surface area contributed by atoms with Crippen LogP contribution in [-0.2, 0) is 14.3 Å². The first-order chi connectivity index (χ1) is 14.4. The van der Waals surface area contributed by atoms with Gasteiger partial charge in [0.1, 0.15) is 0 Å². The van der Waals surface area contributed by atoms with Gasteiger partial charge < -0.3 is 14.2 Å². The normalized spacial score (nSPS) is 24.7.